The molecule has 0 saturated heterocycles. The molecule has 2 rings (SSSR count). The van der Waals surface area contributed by atoms with Gasteiger partial charge in [0.05, 0.1) is 13.2 Å². The quantitative estimate of drug-likeness (QED) is 0.837. The number of hydrogen-bond donors (Lipinski definition) is 2. The fraction of sp³-hybridized carbons (Fsp3) is 0.562. The average molecular weight is 276 g/mol. The number of amides is 1. The lowest BCUT2D eigenvalue weighted by molar-refractivity contribution is -0.120. The minimum Gasteiger partial charge on any atom is -0.383 e. The molecule has 0 spiro atoms. The van der Waals surface area contributed by atoms with E-state index >= 15 is 0 Å². The Morgan fingerprint density at radius 1 is 1.35 bits per heavy atom. The van der Waals surface area contributed by atoms with Gasteiger partial charge >= 0.3 is 0 Å². The van der Waals surface area contributed by atoms with Gasteiger partial charge in [-0.15, -0.1) is 0 Å². The number of nitrogens with one attached hydrogen (secondary N) is 2. The van der Waals surface area contributed by atoms with Gasteiger partial charge in [0.15, 0.2) is 0 Å². The van der Waals surface area contributed by atoms with Crippen LogP contribution in [0.2, 0.25) is 0 Å². The minimum atomic E-state index is 0.00274. The average Bonchev–Trinajstić information content (AvgIpc) is 2.45. The van der Waals surface area contributed by atoms with Crippen LogP contribution in [-0.2, 0) is 22.4 Å². The maximum absolute atomic E-state index is 11.8. The highest BCUT2D eigenvalue weighted by Crippen LogP contribution is 2.27. The van der Waals surface area contributed by atoms with Gasteiger partial charge in [-0.05, 0) is 49.8 Å². The van der Waals surface area contributed by atoms with E-state index in [1.165, 1.54) is 24.0 Å². The number of carbonyl (C=O) groups excluding carboxylic acids is 1. The maximum atomic E-state index is 11.8. The zero-order valence-corrected chi connectivity index (χ0v) is 12.4. The first-order valence-corrected chi connectivity index (χ1v) is 7.33. The first-order valence-electron chi connectivity index (χ1n) is 7.33. The number of methoxy groups -OCH3 is 1. The van der Waals surface area contributed by atoms with Gasteiger partial charge in [0.1, 0.15) is 0 Å². The third-order valence-electron chi connectivity index (χ3n) is 3.66. The molecular weight excluding hydrogens is 252 g/mol. The van der Waals surface area contributed by atoms with Crippen molar-refractivity contribution >= 4 is 11.6 Å². The normalized spacial score (nSPS) is 15.3. The molecule has 0 saturated carbocycles. The molecule has 110 valence electrons. The highest BCUT2D eigenvalue weighted by Gasteiger charge is 2.13. The Morgan fingerprint density at radius 3 is 2.95 bits per heavy atom. The largest absolute Gasteiger partial charge is 0.383 e. The van der Waals surface area contributed by atoms with Crippen molar-refractivity contribution in [2.75, 3.05) is 25.6 Å². The van der Waals surface area contributed by atoms with Crippen molar-refractivity contribution in [1.29, 1.82) is 0 Å². The van der Waals surface area contributed by atoms with Crippen LogP contribution in [0.25, 0.3) is 0 Å². The van der Waals surface area contributed by atoms with Crippen molar-refractivity contribution in [3.8, 4) is 0 Å². The van der Waals surface area contributed by atoms with Crippen LogP contribution in [0.4, 0.5) is 5.69 Å². The van der Waals surface area contributed by atoms with E-state index in [9.17, 15) is 4.79 Å². The second-order valence-electron chi connectivity index (χ2n) is 5.43. The molecule has 20 heavy (non-hydrogen) atoms. The molecule has 0 aliphatic heterocycles. The molecule has 4 heteroatoms. The van der Waals surface area contributed by atoms with Gasteiger partial charge in [-0.25, -0.2) is 0 Å². The van der Waals surface area contributed by atoms with Crippen LogP contribution < -0.4 is 10.6 Å². The lowest BCUT2D eigenvalue weighted by atomic mass is 9.90. The lowest BCUT2D eigenvalue weighted by Crippen LogP contribution is -2.39. The fourth-order valence-electron chi connectivity index (χ4n) is 2.74. The van der Waals surface area contributed by atoms with Crippen molar-refractivity contribution in [3.05, 3.63) is 29.3 Å². The number of rotatable bonds is 6. The van der Waals surface area contributed by atoms with Crippen molar-refractivity contribution in [2.24, 2.45) is 0 Å². The first-order chi connectivity index (χ1) is 9.70. The number of ether oxygens (including phenoxy) is 1. The van der Waals surface area contributed by atoms with Crippen molar-refractivity contribution < 1.29 is 9.53 Å². The lowest BCUT2D eigenvalue weighted by Gasteiger charge is -2.20. The number of benzene rings is 1. The van der Waals surface area contributed by atoms with Crippen LogP contribution in [0.3, 0.4) is 0 Å². The molecule has 1 aliphatic carbocycles. The summed E-state index contributed by atoms with van der Waals surface area (Å²) in [5, 5.41) is 6.17. The number of aryl methyl sites for hydroxylation is 1. The molecule has 0 aromatic heterocycles. The van der Waals surface area contributed by atoms with Crippen LogP contribution in [0.5, 0.6) is 0 Å². The van der Waals surface area contributed by atoms with Crippen LogP contribution in [0.15, 0.2) is 18.2 Å². The Balaban J connectivity index is 1.89. The molecule has 2 N–H and O–H groups in total. The van der Waals surface area contributed by atoms with Gasteiger partial charge in [0, 0.05) is 18.8 Å². The zero-order chi connectivity index (χ0) is 14.4. The van der Waals surface area contributed by atoms with Gasteiger partial charge in [-0.3, -0.25) is 4.79 Å². The first kappa shape index (κ1) is 14.9. The summed E-state index contributed by atoms with van der Waals surface area (Å²) in [4.78, 5) is 11.8. The standard InChI is InChI=1S/C16H24N2O2/c1-12(11-20-2)18-16(19)10-17-15-9-5-7-13-6-3-4-8-14(13)15/h5,7,9,12,17H,3-4,6,8,10-11H2,1-2H3,(H,18,19). The third kappa shape index (κ3) is 3.97. The van der Waals surface area contributed by atoms with Gasteiger partial charge in [0.2, 0.25) is 5.91 Å². The molecule has 1 amide bonds. The zero-order valence-electron chi connectivity index (χ0n) is 12.4. The van der Waals surface area contributed by atoms with Crippen molar-refractivity contribution in [2.45, 2.75) is 38.6 Å². The van der Waals surface area contributed by atoms with Crippen molar-refractivity contribution in [1.82, 2.24) is 5.32 Å². The summed E-state index contributed by atoms with van der Waals surface area (Å²) in [5.41, 5.74) is 3.92. The molecule has 0 radical (unpaired) electrons. The molecule has 0 heterocycles. The monoisotopic (exact) mass is 276 g/mol. The Morgan fingerprint density at radius 2 is 2.15 bits per heavy atom. The molecule has 4 nitrogen and oxygen atoms in total. The van der Waals surface area contributed by atoms with E-state index < -0.39 is 0 Å². The highest BCUT2D eigenvalue weighted by molar-refractivity contribution is 5.81. The van der Waals surface area contributed by atoms with Crippen LogP contribution in [0.1, 0.15) is 30.9 Å². The van der Waals surface area contributed by atoms with E-state index in [4.69, 9.17) is 4.74 Å². The van der Waals surface area contributed by atoms with E-state index in [-0.39, 0.29) is 11.9 Å². The summed E-state index contributed by atoms with van der Waals surface area (Å²) in [6.07, 6.45) is 4.77. The Labute approximate surface area is 120 Å². The van der Waals surface area contributed by atoms with E-state index in [1.54, 1.807) is 7.11 Å². The number of carbonyl (C=O) groups is 1. The van der Waals surface area contributed by atoms with Crippen LogP contribution in [-0.4, -0.2) is 32.2 Å². The van der Waals surface area contributed by atoms with E-state index in [0.29, 0.717) is 13.2 Å². The molecule has 1 aliphatic rings. The molecule has 0 fully saturated rings. The number of anilines is 1. The van der Waals surface area contributed by atoms with Gasteiger partial charge in [-0.2, -0.15) is 0 Å². The highest BCUT2D eigenvalue weighted by atomic mass is 16.5. The van der Waals surface area contributed by atoms with Gasteiger partial charge < -0.3 is 15.4 Å². The summed E-state index contributed by atoms with van der Waals surface area (Å²) >= 11 is 0. The smallest absolute Gasteiger partial charge is 0.239 e. The van der Waals surface area contributed by atoms with E-state index in [0.717, 1.165) is 18.5 Å². The molecule has 1 atom stereocenters. The summed E-state index contributed by atoms with van der Waals surface area (Å²) in [5.74, 6) is 0.00274. The molecule has 1 unspecified atom stereocenters. The van der Waals surface area contributed by atoms with E-state index in [2.05, 4.69) is 28.8 Å². The minimum absolute atomic E-state index is 0.00274. The number of hydrogen-bond acceptors (Lipinski definition) is 3. The summed E-state index contributed by atoms with van der Waals surface area (Å²) in [7, 11) is 1.64. The molecular formula is C16H24N2O2. The van der Waals surface area contributed by atoms with Gasteiger partial charge in [-0.1, -0.05) is 12.1 Å². The second kappa shape index (κ2) is 7.29. The Bertz CT molecular complexity index is 460. The topological polar surface area (TPSA) is 50.4 Å². The predicted octanol–water partition coefficient (Wildman–Crippen LogP) is 2.13. The fourth-order valence-corrected chi connectivity index (χ4v) is 2.74. The maximum Gasteiger partial charge on any atom is 0.239 e. The van der Waals surface area contributed by atoms with Crippen LogP contribution >= 0.6 is 0 Å². The molecule has 1 aromatic rings. The summed E-state index contributed by atoms with van der Waals surface area (Å²) < 4.78 is 5.01. The third-order valence-corrected chi connectivity index (χ3v) is 3.66. The van der Waals surface area contributed by atoms with Gasteiger partial charge in [0.25, 0.3) is 0 Å². The summed E-state index contributed by atoms with van der Waals surface area (Å²) in [6, 6.07) is 6.37. The predicted molar refractivity (Wildman–Crippen MR) is 81.1 cm³/mol. The second-order valence-corrected chi connectivity index (χ2v) is 5.43. The molecule has 1 aromatic carbocycles. The number of fused-ring (bicyclic) bond motifs is 1. The SMILES string of the molecule is COCC(C)NC(=O)CNc1cccc2c1CCCC2. The Hall–Kier alpha value is -1.55. The van der Waals surface area contributed by atoms with Crippen molar-refractivity contribution in [3.63, 3.8) is 0 Å². The Kier molecular flexibility index (Phi) is 5.41. The van der Waals surface area contributed by atoms with E-state index in [1.807, 2.05) is 6.92 Å². The summed E-state index contributed by atoms with van der Waals surface area (Å²) in [6.45, 7) is 2.78. The van der Waals surface area contributed by atoms with Crippen LogP contribution in [0, 0.1) is 0 Å². The molecule has 0 bridgehead atoms.